The summed E-state index contributed by atoms with van der Waals surface area (Å²) in [6, 6.07) is 5.34. The Hall–Kier alpha value is -3.67. The van der Waals surface area contributed by atoms with Crippen LogP contribution in [-0.4, -0.2) is 20.9 Å². The molecule has 9 heteroatoms. The maximum absolute atomic E-state index is 13.0. The van der Waals surface area contributed by atoms with Crippen LogP contribution in [0.2, 0.25) is 0 Å². The number of amides is 1. The van der Waals surface area contributed by atoms with Crippen molar-refractivity contribution in [3.05, 3.63) is 53.6 Å². The number of nitrogens with two attached hydrogens (primary N) is 1. The molecule has 0 aromatic carbocycles. The van der Waals surface area contributed by atoms with Gasteiger partial charge in [0.25, 0.3) is 0 Å². The fourth-order valence-corrected chi connectivity index (χ4v) is 2.39. The average Bonchev–Trinajstić information content (AvgIpc) is 3.01. The molecule has 0 saturated carbocycles. The molecule has 3 heterocycles. The van der Waals surface area contributed by atoms with Gasteiger partial charge >= 0.3 is 6.18 Å². The molecule has 0 bridgehead atoms. The van der Waals surface area contributed by atoms with Gasteiger partial charge in [0, 0.05) is 35.0 Å². The lowest BCUT2D eigenvalue weighted by molar-refractivity contribution is -0.141. The molecule has 3 aromatic rings. The van der Waals surface area contributed by atoms with Crippen LogP contribution >= 0.6 is 0 Å². The van der Waals surface area contributed by atoms with Crippen molar-refractivity contribution in [1.29, 1.82) is 5.26 Å². The van der Waals surface area contributed by atoms with Crippen LogP contribution in [0.3, 0.4) is 0 Å². The molecule has 26 heavy (non-hydrogen) atoms. The summed E-state index contributed by atoms with van der Waals surface area (Å²) in [6.45, 7) is 0. The van der Waals surface area contributed by atoms with Crippen molar-refractivity contribution in [1.82, 2.24) is 15.0 Å². The first-order chi connectivity index (χ1) is 12.3. The van der Waals surface area contributed by atoms with Gasteiger partial charge < -0.3 is 10.7 Å². The van der Waals surface area contributed by atoms with E-state index in [1.807, 2.05) is 0 Å². The third-order valence-electron chi connectivity index (χ3n) is 3.55. The second kappa shape index (κ2) is 6.33. The van der Waals surface area contributed by atoms with Gasteiger partial charge in [-0.2, -0.15) is 18.4 Å². The van der Waals surface area contributed by atoms with Gasteiger partial charge in [0.2, 0.25) is 5.91 Å². The number of rotatable bonds is 3. The van der Waals surface area contributed by atoms with E-state index in [1.54, 1.807) is 18.3 Å². The number of aromatic amines is 1. The van der Waals surface area contributed by atoms with Crippen LogP contribution < -0.4 is 5.73 Å². The van der Waals surface area contributed by atoms with Crippen molar-refractivity contribution in [2.24, 2.45) is 5.73 Å². The number of halogens is 3. The number of fused-ring (bicyclic) bond motifs is 1. The minimum absolute atomic E-state index is 0.157. The summed E-state index contributed by atoms with van der Waals surface area (Å²) < 4.78 is 39.0. The molecule has 130 valence electrons. The van der Waals surface area contributed by atoms with E-state index in [2.05, 4.69) is 15.0 Å². The van der Waals surface area contributed by atoms with Gasteiger partial charge in [0.05, 0.1) is 0 Å². The van der Waals surface area contributed by atoms with Crippen molar-refractivity contribution in [3.63, 3.8) is 0 Å². The van der Waals surface area contributed by atoms with Crippen molar-refractivity contribution in [3.8, 4) is 17.2 Å². The SMILES string of the molecule is N#Cc1cc(-c2cnc3[nH]cc(C=CC(N)=O)c3c2)cc(C(F)(F)F)n1. The van der Waals surface area contributed by atoms with E-state index in [4.69, 9.17) is 11.0 Å². The Morgan fingerprint density at radius 2 is 2.04 bits per heavy atom. The zero-order chi connectivity index (χ0) is 18.9. The second-order valence-corrected chi connectivity index (χ2v) is 5.34. The highest BCUT2D eigenvalue weighted by Gasteiger charge is 2.33. The van der Waals surface area contributed by atoms with Gasteiger partial charge in [-0.3, -0.25) is 4.79 Å². The quantitative estimate of drug-likeness (QED) is 0.702. The van der Waals surface area contributed by atoms with Gasteiger partial charge in [-0.25, -0.2) is 9.97 Å². The average molecular weight is 357 g/mol. The number of nitrogens with one attached hydrogen (secondary N) is 1. The van der Waals surface area contributed by atoms with Gasteiger partial charge in [-0.1, -0.05) is 0 Å². The lowest BCUT2D eigenvalue weighted by atomic mass is 10.0. The van der Waals surface area contributed by atoms with Crippen LogP contribution in [0.1, 0.15) is 17.0 Å². The Labute approximate surface area is 144 Å². The maximum Gasteiger partial charge on any atom is 0.433 e. The number of nitrogens with zero attached hydrogens (tertiary/aromatic N) is 3. The minimum atomic E-state index is -4.68. The van der Waals surface area contributed by atoms with E-state index < -0.39 is 17.8 Å². The van der Waals surface area contributed by atoms with E-state index >= 15 is 0 Å². The summed E-state index contributed by atoms with van der Waals surface area (Å²) in [5, 5.41) is 9.54. The molecule has 3 aromatic heterocycles. The number of carbonyl (C=O) groups excluding carboxylic acids is 1. The maximum atomic E-state index is 13.0. The highest BCUT2D eigenvalue weighted by molar-refractivity contribution is 5.95. The van der Waals surface area contributed by atoms with E-state index in [0.717, 1.165) is 12.1 Å². The standard InChI is InChI=1S/C17H10F3N5O/c18-17(19,20)14-5-10(3-12(6-21)25-14)11-4-13-9(1-2-15(22)26)7-23-16(13)24-8-11/h1-5,7-8H,(H2,22,26)(H,23,24). The third kappa shape index (κ3) is 3.39. The number of nitriles is 1. The molecule has 3 N–H and O–H groups in total. The summed E-state index contributed by atoms with van der Waals surface area (Å²) in [7, 11) is 0. The number of alkyl halides is 3. The summed E-state index contributed by atoms with van der Waals surface area (Å²) in [4.78, 5) is 21.2. The smallest absolute Gasteiger partial charge is 0.366 e. The zero-order valence-electron chi connectivity index (χ0n) is 13.0. The summed E-state index contributed by atoms with van der Waals surface area (Å²) in [5.41, 5.74) is 5.17. The number of carbonyl (C=O) groups is 1. The van der Waals surface area contributed by atoms with Gasteiger partial charge in [-0.05, 0) is 29.8 Å². The minimum Gasteiger partial charge on any atom is -0.366 e. The van der Waals surface area contributed by atoms with E-state index in [9.17, 15) is 18.0 Å². The molecular formula is C17H10F3N5O. The predicted octanol–water partition coefficient (Wildman–Crippen LogP) is 3.01. The molecule has 1 amide bonds. The van der Waals surface area contributed by atoms with Crippen LogP contribution in [0, 0.1) is 11.3 Å². The highest BCUT2D eigenvalue weighted by Crippen LogP contribution is 2.32. The molecule has 6 nitrogen and oxygen atoms in total. The Morgan fingerprint density at radius 1 is 1.27 bits per heavy atom. The van der Waals surface area contributed by atoms with Crippen LogP contribution in [0.4, 0.5) is 13.2 Å². The number of hydrogen-bond acceptors (Lipinski definition) is 4. The number of pyridine rings is 2. The second-order valence-electron chi connectivity index (χ2n) is 5.34. The number of H-pyrrole nitrogens is 1. The van der Waals surface area contributed by atoms with Crippen LogP contribution in [-0.2, 0) is 11.0 Å². The lowest BCUT2D eigenvalue weighted by Gasteiger charge is -2.09. The van der Waals surface area contributed by atoms with Crippen LogP contribution in [0.25, 0.3) is 28.2 Å². The van der Waals surface area contributed by atoms with Crippen molar-refractivity contribution in [2.45, 2.75) is 6.18 Å². The number of aromatic nitrogens is 3. The molecule has 0 fully saturated rings. The molecule has 0 aliphatic heterocycles. The van der Waals surface area contributed by atoms with E-state index in [1.165, 1.54) is 18.3 Å². The van der Waals surface area contributed by atoms with E-state index in [0.29, 0.717) is 22.2 Å². The highest BCUT2D eigenvalue weighted by atomic mass is 19.4. The molecule has 3 rings (SSSR count). The van der Waals surface area contributed by atoms with Gasteiger partial charge in [0.15, 0.2) is 0 Å². The Bertz CT molecular complexity index is 1080. The molecule has 0 aliphatic carbocycles. The molecule has 0 atom stereocenters. The topological polar surface area (TPSA) is 108 Å². The van der Waals surface area contributed by atoms with Crippen LogP contribution in [0.5, 0.6) is 0 Å². The first kappa shape index (κ1) is 17.2. The Kier molecular flexibility index (Phi) is 4.18. The fourth-order valence-electron chi connectivity index (χ4n) is 2.39. The first-order valence-corrected chi connectivity index (χ1v) is 7.22. The van der Waals surface area contributed by atoms with E-state index in [-0.39, 0.29) is 11.3 Å². The zero-order valence-corrected chi connectivity index (χ0v) is 13.0. The molecule has 0 aliphatic rings. The summed E-state index contributed by atoms with van der Waals surface area (Å²) in [5.74, 6) is -0.633. The summed E-state index contributed by atoms with van der Waals surface area (Å²) >= 11 is 0. The predicted molar refractivity (Wildman–Crippen MR) is 87.3 cm³/mol. The summed E-state index contributed by atoms with van der Waals surface area (Å²) in [6.07, 6.45) is 0.938. The molecule has 0 saturated heterocycles. The first-order valence-electron chi connectivity index (χ1n) is 7.22. The fraction of sp³-hybridized carbons (Fsp3) is 0.0588. The van der Waals surface area contributed by atoms with Crippen LogP contribution in [0.15, 0.2) is 36.7 Å². The third-order valence-corrected chi connectivity index (χ3v) is 3.55. The number of hydrogen-bond donors (Lipinski definition) is 2. The molecule has 0 radical (unpaired) electrons. The van der Waals surface area contributed by atoms with Crippen molar-refractivity contribution in [2.75, 3.05) is 0 Å². The van der Waals surface area contributed by atoms with Crippen molar-refractivity contribution >= 4 is 23.0 Å². The number of primary amides is 1. The van der Waals surface area contributed by atoms with Gasteiger partial charge in [-0.15, -0.1) is 0 Å². The molecule has 0 spiro atoms. The normalized spacial score (nSPS) is 11.8. The monoisotopic (exact) mass is 357 g/mol. The Balaban J connectivity index is 2.15. The molecule has 0 unspecified atom stereocenters. The van der Waals surface area contributed by atoms with Crippen molar-refractivity contribution < 1.29 is 18.0 Å². The lowest BCUT2D eigenvalue weighted by Crippen LogP contribution is -2.09. The Morgan fingerprint density at radius 3 is 2.69 bits per heavy atom. The van der Waals surface area contributed by atoms with Gasteiger partial charge in [0.1, 0.15) is 23.1 Å². The molecular weight excluding hydrogens is 347 g/mol. The largest absolute Gasteiger partial charge is 0.433 e.